The van der Waals surface area contributed by atoms with E-state index in [0.717, 1.165) is 13.1 Å². The van der Waals surface area contributed by atoms with Gasteiger partial charge >= 0.3 is 0 Å². The largest absolute Gasteiger partial charge is 0.335 e. The Morgan fingerprint density at radius 1 is 1.19 bits per heavy atom. The molecule has 0 spiro atoms. The molecule has 1 aliphatic carbocycles. The van der Waals surface area contributed by atoms with Crippen molar-refractivity contribution in [2.45, 2.75) is 38.6 Å². The number of halogens is 2. The maximum atomic E-state index is 14.2. The highest BCUT2D eigenvalue weighted by Gasteiger charge is 2.30. The number of nitrogens with zero attached hydrogens (tertiary/aromatic N) is 5. The standard InChI is InChI=1S/C19H23ClFN5O/c1-13-18(22-23-26(13)17-7-6-14(20)12-16(17)21)19(27)25-10-8-24(9-11-25)15-4-2-3-5-15/h6-7,12,15H,2-5,8-11H2,1H3. The Morgan fingerprint density at radius 2 is 1.89 bits per heavy atom. The number of benzene rings is 1. The van der Waals surface area contributed by atoms with E-state index in [1.54, 1.807) is 13.0 Å². The van der Waals surface area contributed by atoms with Crippen LogP contribution < -0.4 is 0 Å². The van der Waals surface area contributed by atoms with Gasteiger partial charge in [-0.1, -0.05) is 29.7 Å². The number of carbonyl (C=O) groups excluding carboxylic acids is 1. The van der Waals surface area contributed by atoms with Gasteiger partial charge in [-0.2, -0.15) is 0 Å². The molecule has 2 heterocycles. The molecular formula is C19H23ClFN5O. The van der Waals surface area contributed by atoms with Crippen LogP contribution in [0.3, 0.4) is 0 Å². The maximum Gasteiger partial charge on any atom is 0.276 e. The van der Waals surface area contributed by atoms with E-state index < -0.39 is 5.82 Å². The Morgan fingerprint density at radius 3 is 2.56 bits per heavy atom. The molecule has 0 bridgehead atoms. The fraction of sp³-hybridized carbons (Fsp3) is 0.526. The number of carbonyl (C=O) groups is 1. The summed E-state index contributed by atoms with van der Waals surface area (Å²) in [6.07, 6.45) is 5.17. The summed E-state index contributed by atoms with van der Waals surface area (Å²) in [6, 6.07) is 5.03. The van der Waals surface area contributed by atoms with Crippen molar-refractivity contribution >= 4 is 17.5 Å². The van der Waals surface area contributed by atoms with Crippen LogP contribution in [0.1, 0.15) is 41.9 Å². The summed E-state index contributed by atoms with van der Waals surface area (Å²) in [6.45, 7) is 4.91. The van der Waals surface area contributed by atoms with E-state index in [0.29, 0.717) is 29.8 Å². The molecule has 27 heavy (non-hydrogen) atoms. The second-order valence-corrected chi connectivity index (χ2v) is 7.73. The summed E-state index contributed by atoms with van der Waals surface area (Å²) >= 11 is 5.81. The molecule has 1 aromatic carbocycles. The van der Waals surface area contributed by atoms with Crippen LogP contribution in [0.25, 0.3) is 5.69 Å². The predicted molar refractivity (Wildman–Crippen MR) is 101 cm³/mol. The zero-order valence-electron chi connectivity index (χ0n) is 15.4. The molecule has 0 atom stereocenters. The van der Waals surface area contributed by atoms with Crippen LogP contribution in [0, 0.1) is 12.7 Å². The molecule has 1 saturated carbocycles. The molecular weight excluding hydrogens is 369 g/mol. The van der Waals surface area contributed by atoms with Crippen LogP contribution in [0.5, 0.6) is 0 Å². The maximum absolute atomic E-state index is 14.2. The summed E-state index contributed by atoms with van der Waals surface area (Å²) in [7, 11) is 0. The van der Waals surface area contributed by atoms with Crippen molar-refractivity contribution in [1.29, 1.82) is 0 Å². The van der Waals surface area contributed by atoms with Gasteiger partial charge in [0, 0.05) is 37.2 Å². The zero-order valence-corrected chi connectivity index (χ0v) is 16.1. The van der Waals surface area contributed by atoms with Crippen LogP contribution in [0.4, 0.5) is 4.39 Å². The quantitative estimate of drug-likeness (QED) is 0.806. The van der Waals surface area contributed by atoms with E-state index in [1.165, 1.54) is 42.5 Å². The highest BCUT2D eigenvalue weighted by atomic mass is 35.5. The van der Waals surface area contributed by atoms with E-state index in [2.05, 4.69) is 15.2 Å². The second-order valence-electron chi connectivity index (χ2n) is 7.30. The Kier molecular flexibility index (Phi) is 5.14. The van der Waals surface area contributed by atoms with Crippen LogP contribution in [0.2, 0.25) is 5.02 Å². The first kappa shape index (κ1) is 18.4. The number of hydrogen-bond acceptors (Lipinski definition) is 4. The van der Waals surface area contributed by atoms with Gasteiger partial charge in [0.15, 0.2) is 5.69 Å². The van der Waals surface area contributed by atoms with Gasteiger partial charge in [0.05, 0.1) is 5.69 Å². The lowest BCUT2D eigenvalue weighted by Gasteiger charge is -2.37. The van der Waals surface area contributed by atoms with Crippen molar-refractivity contribution in [2.24, 2.45) is 0 Å². The molecule has 0 radical (unpaired) electrons. The fourth-order valence-corrected chi connectivity index (χ4v) is 4.28. The predicted octanol–water partition coefficient (Wildman–Crippen LogP) is 3.07. The van der Waals surface area contributed by atoms with Gasteiger partial charge in [0.2, 0.25) is 0 Å². The van der Waals surface area contributed by atoms with Crippen molar-refractivity contribution in [3.8, 4) is 5.69 Å². The molecule has 2 aromatic rings. The fourth-order valence-electron chi connectivity index (χ4n) is 4.12. The Labute approximate surface area is 162 Å². The minimum Gasteiger partial charge on any atom is -0.335 e. The van der Waals surface area contributed by atoms with Crippen molar-refractivity contribution in [1.82, 2.24) is 24.8 Å². The van der Waals surface area contributed by atoms with Gasteiger partial charge in [0.25, 0.3) is 5.91 Å². The number of rotatable bonds is 3. The Hall–Kier alpha value is -1.99. The molecule has 1 amide bonds. The molecule has 8 heteroatoms. The smallest absolute Gasteiger partial charge is 0.276 e. The molecule has 1 aliphatic heterocycles. The van der Waals surface area contributed by atoms with E-state index in [9.17, 15) is 9.18 Å². The SMILES string of the molecule is Cc1c(C(=O)N2CCN(C3CCCC3)CC2)nnn1-c1ccc(Cl)cc1F. The molecule has 2 fully saturated rings. The Balaban J connectivity index is 1.48. The monoisotopic (exact) mass is 391 g/mol. The van der Waals surface area contributed by atoms with Crippen LogP contribution in [-0.4, -0.2) is 62.9 Å². The van der Waals surface area contributed by atoms with Gasteiger partial charge in [-0.15, -0.1) is 5.10 Å². The van der Waals surface area contributed by atoms with Crippen LogP contribution in [0.15, 0.2) is 18.2 Å². The highest BCUT2D eigenvalue weighted by Crippen LogP contribution is 2.25. The second kappa shape index (κ2) is 7.56. The molecule has 0 unspecified atom stereocenters. The number of amides is 1. The lowest BCUT2D eigenvalue weighted by atomic mass is 10.1. The third kappa shape index (κ3) is 3.58. The van der Waals surface area contributed by atoms with Gasteiger partial charge in [0.1, 0.15) is 11.5 Å². The average molecular weight is 392 g/mol. The molecule has 2 aliphatic rings. The minimum atomic E-state index is -0.500. The topological polar surface area (TPSA) is 54.3 Å². The third-order valence-electron chi connectivity index (χ3n) is 5.68. The van der Waals surface area contributed by atoms with Gasteiger partial charge in [-0.05, 0) is 38.0 Å². The van der Waals surface area contributed by atoms with Gasteiger partial charge in [-0.3, -0.25) is 9.69 Å². The molecule has 4 rings (SSSR count). The molecule has 6 nitrogen and oxygen atoms in total. The molecule has 1 aromatic heterocycles. The molecule has 0 N–H and O–H groups in total. The summed E-state index contributed by atoms with van der Waals surface area (Å²) < 4.78 is 15.6. The first-order chi connectivity index (χ1) is 13.0. The van der Waals surface area contributed by atoms with Crippen LogP contribution >= 0.6 is 11.6 Å². The van der Waals surface area contributed by atoms with Crippen LogP contribution in [-0.2, 0) is 0 Å². The average Bonchev–Trinajstić information content (AvgIpc) is 3.32. The summed E-state index contributed by atoms with van der Waals surface area (Å²) in [5.74, 6) is -0.640. The number of aromatic nitrogens is 3. The lowest BCUT2D eigenvalue weighted by Crippen LogP contribution is -2.51. The lowest BCUT2D eigenvalue weighted by molar-refractivity contribution is 0.0567. The summed E-state index contributed by atoms with van der Waals surface area (Å²) in [5, 5.41) is 8.34. The summed E-state index contributed by atoms with van der Waals surface area (Å²) in [4.78, 5) is 17.2. The van der Waals surface area contributed by atoms with Crippen molar-refractivity contribution in [3.05, 3.63) is 40.4 Å². The highest BCUT2D eigenvalue weighted by molar-refractivity contribution is 6.30. The first-order valence-corrected chi connectivity index (χ1v) is 9.83. The van der Waals surface area contributed by atoms with Crippen molar-refractivity contribution < 1.29 is 9.18 Å². The zero-order chi connectivity index (χ0) is 19.0. The Bertz CT molecular complexity index is 841. The molecule has 144 valence electrons. The van der Waals surface area contributed by atoms with E-state index in [4.69, 9.17) is 11.6 Å². The molecule has 1 saturated heterocycles. The van der Waals surface area contributed by atoms with Crippen molar-refractivity contribution in [2.75, 3.05) is 26.2 Å². The van der Waals surface area contributed by atoms with Gasteiger partial charge < -0.3 is 4.90 Å². The van der Waals surface area contributed by atoms with E-state index >= 15 is 0 Å². The van der Waals surface area contributed by atoms with Gasteiger partial charge in [-0.25, -0.2) is 9.07 Å². The van der Waals surface area contributed by atoms with E-state index in [-0.39, 0.29) is 17.3 Å². The normalized spacial score (nSPS) is 19.0. The number of piperazine rings is 1. The number of hydrogen-bond donors (Lipinski definition) is 0. The first-order valence-electron chi connectivity index (χ1n) is 9.45. The minimum absolute atomic E-state index is 0.140. The van der Waals surface area contributed by atoms with Crippen molar-refractivity contribution in [3.63, 3.8) is 0 Å². The van der Waals surface area contributed by atoms with E-state index in [1.807, 2.05) is 4.90 Å². The summed E-state index contributed by atoms with van der Waals surface area (Å²) in [5.41, 5.74) is 1.03. The third-order valence-corrected chi connectivity index (χ3v) is 5.91.